The molecule has 0 radical (unpaired) electrons. The van der Waals surface area contributed by atoms with Gasteiger partial charge in [-0.1, -0.05) is 6.08 Å². The molecule has 0 atom stereocenters. The van der Waals surface area contributed by atoms with Crippen molar-refractivity contribution in [1.82, 2.24) is 0 Å². The van der Waals surface area contributed by atoms with Crippen molar-refractivity contribution in [3.05, 3.63) is 29.0 Å². The van der Waals surface area contributed by atoms with E-state index in [0.717, 1.165) is 17.7 Å². The highest BCUT2D eigenvalue weighted by Crippen LogP contribution is 2.33. The highest BCUT2D eigenvalue weighted by molar-refractivity contribution is 7.12. The third kappa shape index (κ3) is 1.87. The summed E-state index contributed by atoms with van der Waals surface area (Å²) >= 11 is 1.50. The van der Waals surface area contributed by atoms with Crippen molar-refractivity contribution in [3.8, 4) is 0 Å². The summed E-state index contributed by atoms with van der Waals surface area (Å²) in [5, 5.41) is 2.05. The van der Waals surface area contributed by atoms with Crippen LogP contribution in [0.1, 0.15) is 22.5 Å². The number of hydrogen-bond donors (Lipinski definition) is 0. The predicted molar refractivity (Wildman–Crippen MR) is 60.3 cm³/mol. The van der Waals surface area contributed by atoms with E-state index >= 15 is 0 Å². The zero-order valence-electron chi connectivity index (χ0n) is 7.98. The third-order valence-electron chi connectivity index (χ3n) is 2.37. The first-order valence-electron chi connectivity index (χ1n) is 4.76. The lowest BCUT2D eigenvalue weighted by atomic mass is 10.3. The molecular weight excluding hydrogens is 194 g/mol. The predicted octanol–water partition coefficient (Wildman–Crippen LogP) is 2.72. The lowest BCUT2D eigenvalue weighted by Gasteiger charge is -2.20. The van der Waals surface area contributed by atoms with Crippen LogP contribution in [0.5, 0.6) is 0 Å². The van der Waals surface area contributed by atoms with Gasteiger partial charge in [0.25, 0.3) is 0 Å². The number of carbonyl (C=O) groups excluding carboxylic acids is 1. The molecule has 0 unspecified atom stereocenters. The van der Waals surface area contributed by atoms with Gasteiger partial charge in [-0.2, -0.15) is 0 Å². The Labute approximate surface area is 87.9 Å². The fraction of sp³-hybridized carbons (Fsp3) is 0.364. The van der Waals surface area contributed by atoms with Gasteiger partial charge in [-0.3, -0.25) is 4.79 Å². The van der Waals surface area contributed by atoms with Crippen LogP contribution in [0.2, 0.25) is 0 Å². The zero-order chi connectivity index (χ0) is 9.97. The molecule has 0 N–H and O–H groups in total. The Morgan fingerprint density at radius 1 is 1.64 bits per heavy atom. The first-order chi connectivity index (χ1) is 6.85. The Hall–Kier alpha value is -1.09. The summed E-state index contributed by atoms with van der Waals surface area (Å²) in [5.74, 6) is 0. The standard InChI is InChI=1S/C11H13NOS/c1-2-5-12(9-3-4-9)10-6-11(7-13)14-8-10/h2,6-9H,1,3-5H2. The largest absolute Gasteiger partial charge is 0.364 e. The van der Waals surface area contributed by atoms with Gasteiger partial charge in [0.1, 0.15) is 0 Å². The van der Waals surface area contributed by atoms with Crippen LogP contribution in [-0.4, -0.2) is 18.9 Å². The van der Waals surface area contributed by atoms with Crippen LogP contribution >= 0.6 is 11.3 Å². The summed E-state index contributed by atoms with van der Waals surface area (Å²) in [5.41, 5.74) is 1.17. The van der Waals surface area contributed by atoms with Crippen LogP contribution < -0.4 is 4.90 Å². The van der Waals surface area contributed by atoms with E-state index in [2.05, 4.69) is 11.5 Å². The summed E-state index contributed by atoms with van der Waals surface area (Å²) in [6.07, 6.45) is 5.35. The van der Waals surface area contributed by atoms with Gasteiger partial charge >= 0.3 is 0 Å². The highest BCUT2D eigenvalue weighted by atomic mass is 32.1. The second kappa shape index (κ2) is 3.96. The topological polar surface area (TPSA) is 20.3 Å². The molecule has 0 aliphatic heterocycles. The van der Waals surface area contributed by atoms with Crippen molar-refractivity contribution in [2.24, 2.45) is 0 Å². The van der Waals surface area contributed by atoms with Gasteiger partial charge in [-0.05, 0) is 18.9 Å². The van der Waals surface area contributed by atoms with Crippen molar-refractivity contribution in [3.63, 3.8) is 0 Å². The Balaban J connectivity index is 2.16. The first kappa shape index (κ1) is 9.46. The molecule has 1 aliphatic rings. The normalized spacial score (nSPS) is 15.1. The Kier molecular flexibility index (Phi) is 2.68. The number of nitrogens with zero attached hydrogens (tertiary/aromatic N) is 1. The molecule has 1 aromatic rings. The molecule has 0 aromatic carbocycles. The molecule has 2 nitrogen and oxygen atoms in total. The Morgan fingerprint density at radius 2 is 2.43 bits per heavy atom. The molecule has 2 rings (SSSR count). The van der Waals surface area contributed by atoms with Crippen LogP contribution in [0.25, 0.3) is 0 Å². The molecular formula is C11H13NOS. The van der Waals surface area contributed by atoms with E-state index in [9.17, 15) is 4.79 Å². The molecule has 1 fully saturated rings. The van der Waals surface area contributed by atoms with E-state index in [-0.39, 0.29) is 0 Å². The maximum Gasteiger partial charge on any atom is 0.160 e. The van der Waals surface area contributed by atoms with Crippen LogP contribution in [0.4, 0.5) is 5.69 Å². The van der Waals surface area contributed by atoms with Gasteiger partial charge in [0, 0.05) is 23.7 Å². The maximum absolute atomic E-state index is 10.6. The van der Waals surface area contributed by atoms with E-state index in [4.69, 9.17) is 0 Å². The molecule has 0 spiro atoms. The minimum Gasteiger partial charge on any atom is -0.364 e. The number of aldehydes is 1. The number of anilines is 1. The van der Waals surface area contributed by atoms with Crippen LogP contribution in [-0.2, 0) is 0 Å². The second-order valence-electron chi connectivity index (χ2n) is 3.50. The van der Waals surface area contributed by atoms with Gasteiger partial charge in [0.05, 0.1) is 4.88 Å². The van der Waals surface area contributed by atoms with Gasteiger partial charge in [0.15, 0.2) is 6.29 Å². The van der Waals surface area contributed by atoms with E-state index in [1.165, 1.54) is 29.9 Å². The van der Waals surface area contributed by atoms with E-state index in [0.29, 0.717) is 6.04 Å². The summed E-state index contributed by atoms with van der Waals surface area (Å²) in [7, 11) is 0. The highest BCUT2D eigenvalue weighted by Gasteiger charge is 2.28. The third-order valence-corrected chi connectivity index (χ3v) is 3.21. The Morgan fingerprint density at radius 3 is 2.93 bits per heavy atom. The van der Waals surface area contributed by atoms with Crippen LogP contribution in [0.15, 0.2) is 24.1 Å². The summed E-state index contributed by atoms with van der Waals surface area (Å²) in [6, 6.07) is 2.63. The average molecular weight is 207 g/mol. The van der Waals surface area contributed by atoms with Crippen molar-refractivity contribution in [2.75, 3.05) is 11.4 Å². The molecule has 1 heterocycles. The maximum atomic E-state index is 10.6. The number of hydrogen-bond acceptors (Lipinski definition) is 3. The fourth-order valence-electron chi connectivity index (χ4n) is 1.55. The van der Waals surface area contributed by atoms with Crippen molar-refractivity contribution >= 4 is 23.3 Å². The molecule has 0 amide bonds. The lowest BCUT2D eigenvalue weighted by Crippen LogP contribution is -2.24. The summed E-state index contributed by atoms with van der Waals surface area (Å²) < 4.78 is 0. The monoisotopic (exact) mass is 207 g/mol. The summed E-state index contributed by atoms with van der Waals surface area (Å²) in [4.78, 5) is 13.7. The van der Waals surface area contributed by atoms with E-state index in [1.807, 2.05) is 17.5 Å². The molecule has 1 aromatic heterocycles. The lowest BCUT2D eigenvalue weighted by molar-refractivity contribution is 0.112. The van der Waals surface area contributed by atoms with Crippen molar-refractivity contribution in [2.45, 2.75) is 18.9 Å². The molecule has 0 bridgehead atoms. The Bertz CT molecular complexity index is 341. The average Bonchev–Trinajstić information content (AvgIpc) is 2.92. The molecule has 3 heteroatoms. The minimum atomic E-state index is 0.669. The fourth-order valence-corrected chi connectivity index (χ4v) is 2.25. The van der Waals surface area contributed by atoms with E-state index in [1.54, 1.807) is 0 Å². The first-order valence-corrected chi connectivity index (χ1v) is 5.64. The van der Waals surface area contributed by atoms with Gasteiger partial charge in [-0.15, -0.1) is 17.9 Å². The van der Waals surface area contributed by atoms with Crippen LogP contribution in [0.3, 0.4) is 0 Å². The zero-order valence-corrected chi connectivity index (χ0v) is 8.80. The molecule has 1 saturated carbocycles. The van der Waals surface area contributed by atoms with Crippen molar-refractivity contribution in [1.29, 1.82) is 0 Å². The van der Waals surface area contributed by atoms with Crippen molar-refractivity contribution < 1.29 is 4.79 Å². The van der Waals surface area contributed by atoms with Crippen LogP contribution in [0, 0.1) is 0 Å². The summed E-state index contributed by atoms with van der Waals surface area (Å²) in [6.45, 7) is 4.63. The molecule has 74 valence electrons. The van der Waals surface area contributed by atoms with Gasteiger partial charge in [0.2, 0.25) is 0 Å². The number of rotatable bonds is 5. The number of carbonyl (C=O) groups is 1. The van der Waals surface area contributed by atoms with E-state index < -0.39 is 0 Å². The molecule has 1 aliphatic carbocycles. The quantitative estimate of drug-likeness (QED) is 0.546. The minimum absolute atomic E-state index is 0.669. The smallest absolute Gasteiger partial charge is 0.160 e. The van der Waals surface area contributed by atoms with Gasteiger partial charge < -0.3 is 4.90 Å². The number of thiophene rings is 1. The molecule has 14 heavy (non-hydrogen) atoms. The van der Waals surface area contributed by atoms with Gasteiger partial charge in [-0.25, -0.2) is 0 Å². The SMILES string of the molecule is C=CCN(c1csc(C=O)c1)C1CC1. The second-order valence-corrected chi connectivity index (χ2v) is 4.44. The molecule has 0 saturated heterocycles.